The minimum Gasteiger partial charge on any atom is -0.466 e. The third kappa shape index (κ3) is 2.88. The van der Waals surface area contributed by atoms with Crippen LogP contribution < -0.4 is 0 Å². The minimum absolute atomic E-state index is 0.0378. The van der Waals surface area contributed by atoms with Crippen LogP contribution in [0.25, 0.3) is 5.57 Å². The molecular weight excluding hydrogens is 252 g/mol. The highest BCUT2D eigenvalue weighted by Crippen LogP contribution is 2.32. The van der Waals surface area contributed by atoms with E-state index in [4.69, 9.17) is 16.3 Å². The van der Waals surface area contributed by atoms with Crippen LogP contribution in [0.2, 0.25) is 5.15 Å². The first-order valence-electron chi connectivity index (χ1n) is 6.05. The second-order valence-electron chi connectivity index (χ2n) is 4.15. The lowest BCUT2D eigenvalue weighted by atomic mass is 9.88. The van der Waals surface area contributed by atoms with Gasteiger partial charge in [-0.05, 0) is 31.8 Å². The smallest absolute Gasteiger partial charge is 0.309 e. The zero-order chi connectivity index (χ0) is 13.0. The number of halogens is 1. The van der Waals surface area contributed by atoms with E-state index in [9.17, 15) is 4.79 Å². The maximum Gasteiger partial charge on any atom is 0.309 e. The fraction of sp³-hybridized carbons (Fsp3) is 0.462. The monoisotopic (exact) mass is 266 g/mol. The van der Waals surface area contributed by atoms with Crippen LogP contribution in [0.5, 0.6) is 0 Å². The van der Waals surface area contributed by atoms with Gasteiger partial charge in [-0.2, -0.15) is 0 Å². The number of carbonyl (C=O) groups excluding carboxylic acids is 1. The summed E-state index contributed by atoms with van der Waals surface area (Å²) in [6, 6.07) is 0. The van der Waals surface area contributed by atoms with Gasteiger partial charge in [-0.25, -0.2) is 4.98 Å². The Morgan fingerprint density at radius 3 is 2.89 bits per heavy atom. The highest BCUT2D eigenvalue weighted by Gasteiger charge is 2.24. The molecule has 1 aliphatic rings. The van der Waals surface area contributed by atoms with Crippen molar-refractivity contribution >= 4 is 23.1 Å². The number of rotatable bonds is 3. The van der Waals surface area contributed by atoms with Gasteiger partial charge < -0.3 is 4.74 Å². The molecule has 1 atom stereocenters. The Labute approximate surface area is 111 Å². The lowest BCUT2D eigenvalue weighted by Crippen LogP contribution is -2.19. The van der Waals surface area contributed by atoms with Gasteiger partial charge in [0, 0.05) is 12.4 Å². The molecule has 0 radical (unpaired) electrons. The van der Waals surface area contributed by atoms with Crippen LogP contribution in [0.15, 0.2) is 18.5 Å². The van der Waals surface area contributed by atoms with Crippen molar-refractivity contribution in [2.24, 2.45) is 5.92 Å². The Hall–Kier alpha value is -1.42. The Morgan fingerprint density at radius 2 is 2.28 bits per heavy atom. The van der Waals surface area contributed by atoms with Gasteiger partial charge in [0.2, 0.25) is 0 Å². The van der Waals surface area contributed by atoms with Gasteiger partial charge >= 0.3 is 5.97 Å². The summed E-state index contributed by atoms with van der Waals surface area (Å²) in [7, 11) is 0. The van der Waals surface area contributed by atoms with E-state index < -0.39 is 0 Å². The lowest BCUT2D eigenvalue weighted by Gasteiger charge is -2.20. The van der Waals surface area contributed by atoms with Crippen molar-refractivity contribution < 1.29 is 9.53 Å². The molecule has 0 amide bonds. The number of aromatic nitrogens is 2. The van der Waals surface area contributed by atoms with E-state index in [0.29, 0.717) is 18.2 Å². The highest BCUT2D eigenvalue weighted by atomic mass is 35.5. The molecule has 0 unspecified atom stereocenters. The third-order valence-corrected chi connectivity index (χ3v) is 3.27. The van der Waals surface area contributed by atoms with Gasteiger partial charge in [0.1, 0.15) is 5.69 Å². The molecule has 1 heterocycles. The number of ether oxygens (including phenoxy) is 1. The normalized spacial score (nSPS) is 19.2. The summed E-state index contributed by atoms with van der Waals surface area (Å²) in [6.45, 7) is 2.25. The minimum atomic E-state index is -0.113. The van der Waals surface area contributed by atoms with Gasteiger partial charge in [-0.15, -0.1) is 0 Å². The average molecular weight is 267 g/mol. The Bertz CT molecular complexity index is 474. The fourth-order valence-corrected chi connectivity index (χ4v) is 2.29. The third-order valence-electron chi connectivity index (χ3n) is 2.99. The van der Waals surface area contributed by atoms with Crippen molar-refractivity contribution in [3.63, 3.8) is 0 Å². The quantitative estimate of drug-likeness (QED) is 0.790. The van der Waals surface area contributed by atoms with Crippen LogP contribution >= 0.6 is 11.6 Å². The average Bonchev–Trinajstić information content (AvgIpc) is 2.40. The molecule has 4 nitrogen and oxygen atoms in total. The summed E-state index contributed by atoms with van der Waals surface area (Å²) in [5, 5.41) is 0.415. The number of nitrogens with zero attached hydrogens (tertiary/aromatic N) is 2. The summed E-state index contributed by atoms with van der Waals surface area (Å²) in [5.74, 6) is -0.151. The second kappa shape index (κ2) is 5.96. The lowest BCUT2D eigenvalue weighted by molar-refractivity contribution is -0.148. The molecule has 0 aliphatic heterocycles. The molecule has 0 fully saturated rings. The molecule has 0 spiro atoms. The van der Waals surface area contributed by atoms with Crippen LogP contribution in [0.1, 0.15) is 31.9 Å². The molecule has 18 heavy (non-hydrogen) atoms. The van der Waals surface area contributed by atoms with Gasteiger partial charge in [0.15, 0.2) is 5.15 Å². The Balaban J connectivity index is 2.07. The molecule has 1 aliphatic carbocycles. The predicted molar refractivity (Wildman–Crippen MR) is 69.0 cm³/mol. The number of allylic oxidation sites excluding steroid dienone is 2. The maximum absolute atomic E-state index is 11.6. The first-order chi connectivity index (χ1) is 8.72. The van der Waals surface area contributed by atoms with E-state index in [1.54, 1.807) is 12.4 Å². The van der Waals surface area contributed by atoms with Crippen molar-refractivity contribution in [1.29, 1.82) is 0 Å². The Kier molecular flexibility index (Phi) is 4.31. The first-order valence-corrected chi connectivity index (χ1v) is 6.42. The largest absolute Gasteiger partial charge is 0.466 e. The summed E-state index contributed by atoms with van der Waals surface area (Å²) >= 11 is 6.00. The van der Waals surface area contributed by atoms with Crippen LogP contribution in [0, 0.1) is 5.92 Å². The van der Waals surface area contributed by atoms with Crippen LogP contribution in [0.3, 0.4) is 0 Å². The van der Waals surface area contributed by atoms with E-state index in [1.165, 1.54) is 0 Å². The molecule has 1 aromatic rings. The molecule has 2 rings (SSSR count). The van der Waals surface area contributed by atoms with Gasteiger partial charge in [-0.1, -0.05) is 17.7 Å². The van der Waals surface area contributed by atoms with Gasteiger partial charge in [-0.3, -0.25) is 9.78 Å². The van der Waals surface area contributed by atoms with Crippen molar-refractivity contribution in [2.75, 3.05) is 6.61 Å². The first kappa shape index (κ1) is 13.0. The van der Waals surface area contributed by atoms with Crippen molar-refractivity contribution in [3.8, 4) is 0 Å². The molecule has 96 valence electrons. The number of hydrogen-bond donors (Lipinski definition) is 0. The molecule has 0 saturated carbocycles. The van der Waals surface area contributed by atoms with E-state index in [0.717, 1.165) is 24.1 Å². The van der Waals surface area contributed by atoms with Crippen molar-refractivity contribution in [3.05, 3.63) is 29.3 Å². The molecule has 0 bridgehead atoms. The van der Waals surface area contributed by atoms with Crippen molar-refractivity contribution in [1.82, 2.24) is 9.97 Å². The summed E-state index contributed by atoms with van der Waals surface area (Å²) < 4.78 is 5.02. The summed E-state index contributed by atoms with van der Waals surface area (Å²) in [6.07, 6.45) is 7.44. The highest BCUT2D eigenvalue weighted by molar-refractivity contribution is 6.30. The molecule has 5 heteroatoms. The Morgan fingerprint density at radius 1 is 1.50 bits per heavy atom. The van der Waals surface area contributed by atoms with E-state index in [1.807, 2.05) is 13.0 Å². The number of carbonyl (C=O) groups is 1. The topological polar surface area (TPSA) is 52.1 Å². The SMILES string of the molecule is CCOC(=O)[C@H]1CC=C(c2nccnc2Cl)CC1. The predicted octanol–water partition coefficient (Wildman–Crippen LogP) is 2.88. The fourth-order valence-electron chi connectivity index (χ4n) is 2.06. The van der Waals surface area contributed by atoms with E-state index in [-0.39, 0.29) is 11.9 Å². The van der Waals surface area contributed by atoms with E-state index in [2.05, 4.69) is 9.97 Å². The zero-order valence-electron chi connectivity index (χ0n) is 10.2. The molecule has 0 saturated heterocycles. The second-order valence-corrected chi connectivity index (χ2v) is 4.51. The summed E-state index contributed by atoms with van der Waals surface area (Å²) in [4.78, 5) is 19.8. The molecule has 1 aromatic heterocycles. The standard InChI is InChI=1S/C13H15ClN2O2/c1-2-18-13(17)10-5-3-9(4-6-10)11-12(14)16-8-7-15-11/h3,7-8,10H,2,4-6H2,1H3/t10-/m0/s1. The van der Waals surface area contributed by atoms with Crippen LogP contribution in [0.4, 0.5) is 0 Å². The summed E-state index contributed by atoms with van der Waals surface area (Å²) in [5.41, 5.74) is 1.79. The van der Waals surface area contributed by atoms with E-state index >= 15 is 0 Å². The van der Waals surface area contributed by atoms with Gasteiger partial charge in [0.05, 0.1) is 12.5 Å². The number of hydrogen-bond acceptors (Lipinski definition) is 4. The molecular formula is C13H15ClN2O2. The van der Waals surface area contributed by atoms with Crippen LogP contribution in [-0.2, 0) is 9.53 Å². The molecule has 0 N–H and O–H groups in total. The van der Waals surface area contributed by atoms with Crippen molar-refractivity contribution in [2.45, 2.75) is 26.2 Å². The molecule has 0 aromatic carbocycles. The maximum atomic E-state index is 11.6. The van der Waals surface area contributed by atoms with Crippen LogP contribution in [-0.4, -0.2) is 22.5 Å². The number of esters is 1. The van der Waals surface area contributed by atoms with Gasteiger partial charge in [0.25, 0.3) is 0 Å². The zero-order valence-corrected chi connectivity index (χ0v) is 11.0.